The third kappa shape index (κ3) is 5.77. The van der Waals surface area contributed by atoms with Gasteiger partial charge in [-0.05, 0) is 63.6 Å². The second kappa shape index (κ2) is 9.28. The van der Waals surface area contributed by atoms with E-state index in [1.807, 2.05) is 39.8 Å². The predicted octanol–water partition coefficient (Wildman–Crippen LogP) is 5.89. The lowest BCUT2D eigenvalue weighted by Gasteiger charge is -2.30. The SMILES string of the molecule is Cc1ccc(F)cc1-n1nc(COC(=O)N(C)C(C)(C)C)cc1Sc1ccc(Cl)nc1. The highest BCUT2D eigenvalue weighted by atomic mass is 35.5. The molecule has 0 saturated carbocycles. The number of carbonyl (C=O) groups is 1. The van der Waals surface area contributed by atoms with E-state index >= 15 is 0 Å². The Morgan fingerprint density at radius 3 is 2.65 bits per heavy atom. The normalized spacial score (nSPS) is 11.5. The van der Waals surface area contributed by atoms with Crippen LogP contribution in [0.25, 0.3) is 5.69 Å². The number of hydrogen-bond donors (Lipinski definition) is 0. The molecule has 0 bridgehead atoms. The first kappa shape index (κ1) is 23.1. The molecule has 0 fully saturated rings. The molecule has 1 aromatic carbocycles. The van der Waals surface area contributed by atoms with Gasteiger partial charge in [0.05, 0.1) is 5.69 Å². The molecule has 31 heavy (non-hydrogen) atoms. The van der Waals surface area contributed by atoms with Crippen LogP contribution in [0.5, 0.6) is 0 Å². The third-order valence-corrected chi connectivity index (χ3v) is 5.87. The Morgan fingerprint density at radius 1 is 1.26 bits per heavy atom. The van der Waals surface area contributed by atoms with Gasteiger partial charge in [0.25, 0.3) is 0 Å². The number of carbonyl (C=O) groups excluding carboxylic acids is 1. The Bertz CT molecular complexity index is 1080. The first-order valence-corrected chi connectivity index (χ1v) is 10.8. The Balaban J connectivity index is 1.91. The first-order chi connectivity index (χ1) is 14.5. The molecule has 0 aliphatic rings. The molecule has 1 amide bonds. The molecule has 0 unspecified atom stereocenters. The van der Waals surface area contributed by atoms with E-state index in [1.54, 1.807) is 30.1 Å². The third-order valence-electron chi connectivity index (χ3n) is 4.67. The van der Waals surface area contributed by atoms with Crippen LogP contribution >= 0.6 is 23.4 Å². The van der Waals surface area contributed by atoms with Gasteiger partial charge >= 0.3 is 6.09 Å². The summed E-state index contributed by atoms with van der Waals surface area (Å²) in [6.07, 6.45) is 1.21. The number of halogens is 2. The Hall–Kier alpha value is -2.58. The molecule has 0 atom stereocenters. The number of ether oxygens (including phenoxy) is 1. The van der Waals surface area contributed by atoms with Crippen LogP contribution in [0.15, 0.2) is 52.5 Å². The second-order valence-corrected chi connectivity index (χ2v) is 9.50. The summed E-state index contributed by atoms with van der Waals surface area (Å²) >= 11 is 7.28. The molecule has 9 heteroatoms. The predicted molar refractivity (Wildman–Crippen MR) is 119 cm³/mol. The van der Waals surface area contributed by atoms with Gasteiger partial charge in [-0.15, -0.1) is 0 Å². The minimum atomic E-state index is -0.444. The Labute approximate surface area is 190 Å². The van der Waals surface area contributed by atoms with Crippen LogP contribution in [0.3, 0.4) is 0 Å². The zero-order valence-electron chi connectivity index (χ0n) is 18.0. The van der Waals surface area contributed by atoms with Gasteiger partial charge in [0.1, 0.15) is 28.3 Å². The average molecular weight is 463 g/mol. The van der Waals surface area contributed by atoms with Crippen molar-refractivity contribution >= 4 is 29.5 Å². The van der Waals surface area contributed by atoms with Crippen molar-refractivity contribution in [2.75, 3.05) is 7.05 Å². The fourth-order valence-electron chi connectivity index (χ4n) is 2.59. The monoisotopic (exact) mass is 462 g/mol. The summed E-state index contributed by atoms with van der Waals surface area (Å²) in [7, 11) is 1.69. The second-order valence-electron chi connectivity index (χ2n) is 8.02. The minimum Gasteiger partial charge on any atom is -0.443 e. The summed E-state index contributed by atoms with van der Waals surface area (Å²) in [6.45, 7) is 7.64. The first-order valence-electron chi connectivity index (χ1n) is 9.60. The fraction of sp³-hybridized carbons (Fsp3) is 0.318. The molecule has 3 rings (SSSR count). The van der Waals surface area contributed by atoms with Gasteiger partial charge in [-0.1, -0.05) is 29.4 Å². The molecule has 0 spiro atoms. The zero-order valence-corrected chi connectivity index (χ0v) is 19.6. The van der Waals surface area contributed by atoms with Crippen molar-refractivity contribution in [2.24, 2.45) is 0 Å². The largest absolute Gasteiger partial charge is 0.443 e. The lowest BCUT2D eigenvalue weighted by atomic mass is 10.1. The van der Waals surface area contributed by atoms with Crippen molar-refractivity contribution in [1.29, 1.82) is 0 Å². The molecule has 2 aromatic heterocycles. The van der Waals surface area contributed by atoms with Gasteiger partial charge in [-0.2, -0.15) is 5.10 Å². The van der Waals surface area contributed by atoms with E-state index in [9.17, 15) is 9.18 Å². The number of benzene rings is 1. The highest BCUT2D eigenvalue weighted by molar-refractivity contribution is 7.99. The van der Waals surface area contributed by atoms with Crippen molar-refractivity contribution < 1.29 is 13.9 Å². The smallest absolute Gasteiger partial charge is 0.410 e. The number of rotatable bonds is 5. The molecule has 6 nitrogen and oxygen atoms in total. The number of hydrogen-bond acceptors (Lipinski definition) is 5. The van der Waals surface area contributed by atoms with Crippen molar-refractivity contribution in [3.8, 4) is 5.69 Å². The van der Waals surface area contributed by atoms with Gasteiger partial charge in [-0.25, -0.2) is 18.9 Å². The maximum Gasteiger partial charge on any atom is 0.410 e. The lowest BCUT2D eigenvalue weighted by molar-refractivity contribution is 0.0749. The van der Waals surface area contributed by atoms with Gasteiger partial charge in [0.2, 0.25) is 0 Å². The zero-order chi connectivity index (χ0) is 22.8. The van der Waals surface area contributed by atoms with E-state index in [2.05, 4.69) is 10.1 Å². The van der Waals surface area contributed by atoms with E-state index in [1.165, 1.54) is 28.8 Å². The highest BCUT2D eigenvalue weighted by Crippen LogP contribution is 2.31. The molecule has 164 valence electrons. The van der Waals surface area contributed by atoms with Crippen molar-refractivity contribution in [3.63, 3.8) is 0 Å². The summed E-state index contributed by atoms with van der Waals surface area (Å²) < 4.78 is 21.0. The lowest BCUT2D eigenvalue weighted by Crippen LogP contribution is -2.42. The van der Waals surface area contributed by atoms with Crippen LogP contribution in [-0.2, 0) is 11.3 Å². The number of aromatic nitrogens is 3. The van der Waals surface area contributed by atoms with Crippen LogP contribution in [0.4, 0.5) is 9.18 Å². The van der Waals surface area contributed by atoms with Crippen LogP contribution in [0.2, 0.25) is 5.15 Å². The topological polar surface area (TPSA) is 60.3 Å². The van der Waals surface area contributed by atoms with Crippen LogP contribution in [-0.4, -0.2) is 38.3 Å². The highest BCUT2D eigenvalue weighted by Gasteiger charge is 2.24. The number of amides is 1. The number of pyridine rings is 1. The Kier molecular flexibility index (Phi) is 6.91. The van der Waals surface area contributed by atoms with Crippen LogP contribution in [0.1, 0.15) is 32.0 Å². The Morgan fingerprint density at radius 2 is 2.00 bits per heavy atom. The number of aryl methyl sites for hydroxylation is 1. The average Bonchev–Trinajstić information content (AvgIpc) is 3.11. The van der Waals surface area contributed by atoms with Gasteiger partial charge in [0, 0.05) is 23.7 Å². The summed E-state index contributed by atoms with van der Waals surface area (Å²) in [4.78, 5) is 18.8. The van der Waals surface area contributed by atoms with Crippen LogP contribution < -0.4 is 0 Å². The van der Waals surface area contributed by atoms with Crippen molar-refractivity contribution in [3.05, 3.63) is 64.8 Å². The number of nitrogens with zero attached hydrogens (tertiary/aromatic N) is 4. The quantitative estimate of drug-likeness (QED) is 0.442. The van der Waals surface area contributed by atoms with E-state index in [0.717, 1.165) is 15.5 Å². The summed E-state index contributed by atoms with van der Waals surface area (Å²) in [6, 6.07) is 9.88. The fourth-order valence-corrected chi connectivity index (χ4v) is 3.60. The van der Waals surface area contributed by atoms with Gasteiger partial charge < -0.3 is 9.64 Å². The van der Waals surface area contributed by atoms with E-state index in [-0.39, 0.29) is 18.0 Å². The maximum atomic E-state index is 13.9. The molecule has 0 aliphatic carbocycles. The maximum absolute atomic E-state index is 13.9. The molecular weight excluding hydrogens is 439 g/mol. The standard InChI is InChI=1S/C22H24ClFN4O2S/c1-14-6-7-15(24)10-18(14)28-20(31-17-8-9-19(23)25-12-17)11-16(26-28)13-30-21(29)27(5)22(2,3)4/h6-12H,13H2,1-5H3. The van der Waals surface area contributed by atoms with Gasteiger partial charge in [-0.3, -0.25) is 0 Å². The van der Waals surface area contributed by atoms with Crippen molar-refractivity contribution in [1.82, 2.24) is 19.7 Å². The molecule has 3 aromatic rings. The summed E-state index contributed by atoms with van der Waals surface area (Å²) in [5.41, 5.74) is 1.65. The van der Waals surface area contributed by atoms with E-state index in [4.69, 9.17) is 16.3 Å². The van der Waals surface area contributed by atoms with Crippen LogP contribution in [0, 0.1) is 12.7 Å². The van der Waals surface area contributed by atoms with E-state index in [0.29, 0.717) is 16.5 Å². The van der Waals surface area contributed by atoms with Crippen molar-refractivity contribution in [2.45, 2.75) is 49.8 Å². The van der Waals surface area contributed by atoms with Gasteiger partial charge in [0.15, 0.2) is 0 Å². The molecule has 0 aliphatic heterocycles. The molecule has 0 saturated heterocycles. The summed E-state index contributed by atoms with van der Waals surface area (Å²) in [5.74, 6) is -0.361. The summed E-state index contributed by atoms with van der Waals surface area (Å²) in [5, 5.41) is 5.70. The minimum absolute atomic E-state index is 0.00690. The molecular formula is C22H24ClFN4O2S. The molecule has 0 N–H and O–H groups in total. The molecule has 2 heterocycles. The van der Waals surface area contributed by atoms with E-state index < -0.39 is 6.09 Å². The molecule has 0 radical (unpaired) electrons.